The summed E-state index contributed by atoms with van der Waals surface area (Å²) >= 11 is 1.40. The molecule has 0 spiro atoms. The molecule has 1 saturated heterocycles. The third-order valence-electron chi connectivity index (χ3n) is 4.16. The van der Waals surface area contributed by atoms with Crippen LogP contribution in [0.25, 0.3) is 0 Å². The largest absolute Gasteiger partial charge is 0.573 e. The Morgan fingerprint density at radius 1 is 1.19 bits per heavy atom. The molecule has 1 aliphatic heterocycles. The van der Waals surface area contributed by atoms with Crippen LogP contribution in [-0.2, 0) is 11.3 Å². The van der Waals surface area contributed by atoms with Crippen LogP contribution in [0, 0.1) is 0 Å². The number of rotatable bonds is 5. The van der Waals surface area contributed by atoms with E-state index in [4.69, 9.17) is 0 Å². The Morgan fingerprint density at radius 2 is 1.93 bits per heavy atom. The van der Waals surface area contributed by atoms with E-state index in [0.717, 1.165) is 11.3 Å². The first kappa shape index (κ1) is 19.4. The lowest BCUT2D eigenvalue weighted by atomic mass is 10.1. The minimum atomic E-state index is -4.75. The highest BCUT2D eigenvalue weighted by molar-refractivity contribution is 8.00. The second-order valence-corrected chi connectivity index (χ2v) is 7.40. The number of para-hydroxylation sites is 1. The first-order valence-electron chi connectivity index (χ1n) is 8.26. The molecule has 0 N–H and O–H groups in total. The average molecular weight is 396 g/mol. The van der Waals surface area contributed by atoms with Gasteiger partial charge >= 0.3 is 6.36 Å². The fraction of sp³-hybridized carbons (Fsp3) is 0.316. The highest BCUT2D eigenvalue weighted by Gasteiger charge is 2.35. The molecule has 8 heteroatoms. The van der Waals surface area contributed by atoms with E-state index >= 15 is 0 Å². The molecule has 0 bridgehead atoms. The molecule has 3 rings (SSSR count). The lowest BCUT2D eigenvalue weighted by Crippen LogP contribution is -2.28. The summed E-state index contributed by atoms with van der Waals surface area (Å²) < 4.78 is 41.5. The number of ether oxygens (including phenoxy) is 1. The van der Waals surface area contributed by atoms with Crippen LogP contribution < -0.4 is 9.64 Å². The van der Waals surface area contributed by atoms with E-state index in [1.54, 1.807) is 11.0 Å². The van der Waals surface area contributed by atoms with Gasteiger partial charge < -0.3 is 14.5 Å². The maximum atomic E-state index is 12.5. The number of carbonyl (C=O) groups is 1. The zero-order chi connectivity index (χ0) is 19.6. The van der Waals surface area contributed by atoms with Crippen LogP contribution in [0.15, 0.2) is 48.5 Å². The smallest absolute Gasteiger partial charge is 0.406 e. The summed E-state index contributed by atoms with van der Waals surface area (Å²) in [5.74, 6) is -0.0339. The Bertz CT molecular complexity index is 827. The summed E-state index contributed by atoms with van der Waals surface area (Å²) in [5, 5.41) is -0.357. The molecule has 4 nitrogen and oxygen atoms in total. The zero-order valence-electron chi connectivity index (χ0n) is 14.9. The van der Waals surface area contributed by atoms with Crippen LogP contribution in [0.3, 0.4) is 0 Å². The first-order valence-corrected chi connectivity index (χ1v) is 9.31. The van der Waals surface area contributed by atoms with E-state index in [-0.39, 0.29) is 17.0 Å². The van der Waals surface area contributed by atoms with Crippen LogP contribution in [0.1, 0.15) is 16.5 Å². The van der Waals surface area contributed by atoms with E-state index in [2.05, 4.69) is 4.74 Å². The topological polar surface area (TPSA) is 32.8 Å². The number of benzene rings is 2. The van der Waals surface area contributed by atoms with E-state index in [9.17, 15) is 18.0 Å². The molecule has 1 atom stereocenters. The fourth-order valence-electron chi connectivity index (χ4n) is 3.03. The summed E-state index contributed by atoms with van der Waals surface area (Å²) in [5.41, 5.74) is 2.58. The number of halogens is 3. The normalized spacial score (nSPS) is 17.3. The maximum absolute atomic E-state index is 12.5. The Hall–Kier alpha value is -2.35. The summed E-state index contributed by atoms with van der Waals surface area (Å²) in [7, 11) is 3.85. The van der Waals surface area contributed by atoms with Gasteiger partial charge in [0.2, 0.25) is 5.91 Å². The monoisotopic (exact) mass is 396 g/mol. The summed E-state index contributed by atoms with van der Waals surface area (Å²) in [6.45, 7) is 0.384. The van der Waals surface area contributed by atoms with Gasteiger partial charge in [-0.1, -0.05) is 30.3 Å². The van der Waals surface area contributed by atoms with Gasteiger partial charge in [0, 0.05) is 26.3 Å². The van der Waals surface area contributed by atoms with Crippen molar-refractivity contribution < 1.29 is 22.7 Å². The van der Waals surface area contributed by atoms with Gasteiger partial charge in [-0.15, -0.1) is 24.9 Å². The zero-order valence-corrected chi connectivity index (χ0v) is 15.7. The van der Waals surface area contributed by atoms with Gasteiger partial charge in [-0.05, 0) is 29.3 Å². The van der Waals surface area contributed by atoms with Crippen molar-refractivity contribution in [2.24, 2.45) is 0 Å². The molecule has 0 aromatic heterocycles. The molecule has 1 aliphatic rings. The Morgan fingerprint density at radius 3 is 2.63 bits per heavy atom. The SMILES string of the molecule is CN(C)c1ccccc1CN1C(=O)CSC1c1cccc(OC(F)(F)F)c1. The van der Waals surface area contributed by atoms with Crippen LogP contribution in [0.2, 0.25) is 0 Å². The second-order valence-electron chi connectivity index (χ2n) is 6.33. The first-order chi connectivity index (χ1) is 12.7. The van der Waals surface area contributed by atoms with Gasteiger partial charge in [-0.3, -0.25) is 4.79 Å². The molecule has 1 unspecified atom stereocenters. The lowest BCUT2D eigenvalue weighted by Gasteiger charge is -2.27. The van der Waals surface area contributed by atoms with Crippen molar-refractivity contribution in [2.75, 3.05) is 24.7 Å². The standard InChI is InChI=1S/C19H19F3N2O2S/c1-23(2)16-9-4-3-6-14(16)11-24-17(25)12-27-18(24)13-7-5-8-15(10-13)26-19(20,21)22/h3-10,18H,11-12H2,1-2H3. The third-order valence-corrected chi connectivity index (χ3v) is 5.42. The fourth-order valence-corrected chi connectivity index (χ4v) is 4.21. The average Bonchev–Trinajstić information content (AvgIpc) is 2.95. The van der Waals surface area contributed by atoms with Gasteiger partial charge in [-0.2, -0.15) is 0 Å². The molecule has 2 aromatic rings. The van der Waals surface area contributed by atoms with Crippen molar-refractivity contribution in [3.05, 3.63) is 59.7 Å². The highest BCUT2D eigenvalue weighted by Crippen LogP contribution is 2.41. The predicted octanol–water partition coefficient (Wildman–Crippen LogP) is 4.43. The van der Waals surface area contributed by atoms with Crippen LogP contribution >= 0.6 is 11.8 Å². The number of thioether (sulfide) groups is 1. The Labute approximate surface area is 159 Å². The van der Waals surface area contributed by atoms with Gasteiger partial charge in [0.15, 0.2) is 0 Å². The molecule has 1 fully saturated rings. The van der Waals surface area contributed by atoms with Crippen molar-refractivity contribution in [2.45, 2.75) is 18.3 Å². The van der Waals surface area contributed by atoms with Gasteiger partial charge in [0.05, 0.1) is 5.75 Å². The molecular weight excluding hydrogens is 377 g/mol. The number of hydrogen-bond acceptors (Lipinski definition) is 4. The summed E-state index contributed by atoms with van der Waals surface area (Å²) in [4.78, 5) is 16.1. The molecule has 27 heavy (non-hydrogen) atoms. The second kappa shape index (κ2) is 7.72. The maximum Gasteiger partial charge on any atom is 0.573 e. The van der Waals surface area contributed by atoms with Gasteiger partial charge in [0.1, 0.15) is 11.1 Å². The summed E-state index contributed by atoms with van der Waals surface area (Å²) in [6.07, 6.45) is -4.75. The quantitative estimate of drug-likeness (QED) is 0.749. The minimum Gasteiger partial charge on any atom is -0.406 e. The molecule has 144 valence electrons. The van der Waals surface area contributed by atoms with Crippen molar-refractivity contribution in [3.63, 3.8) is 0 Å². The van der Waals surface area contributed by atoms with E-state index in [1.165, 1.54) is 30.0 Å². The number of alkyl halides is 3. The lowest BCUT2D eigenvalue weighted by molar-refractivity contribution is -0.274. The molecule has 1 heterocycles. The van der Waals surface area contributed by atoms with Crippen LogP contribution in [0.5, 0.6) is 5.75 Å². The van der Waals surface area contributed by atoms with Crippen molar-refractivity contribution >= 4 is 23.4 Å². The predicted molar refractivity (Wildman–Crippen MR) is 99.6 cm³/mol. The van der Waals surface area contributed by atoms with Crippen molar-refractivity contribution in [1.29, 1.82) is 0 Å². The summed E-state index contributed by atoms with van der Waals surface area (Å²) in [6, 6.07) is 13.6. The van der Waals surface area contributed by atoms with Crippen LogP contribution in [0.4, 0.5) is 18.9 Å². The number of amides is 1. The number of hydrogen-bond donors (Lipinski definition) is 0. The molecule has 0 radical (unpaired) electrons. The van der Waals surface area contributed by atoms with E-state index < -0.39 is 6.36 Å². The van der Waals surface area contributed by atoms with Gasteiger partial charge in [0.25, 0.3) is 0 Å². The van der Waals surface area contributed by atoms with E-state index in [0.29, 0.717) is 17.9 Å². The third kappa shape index (κ3) is 4.68. The van der Waals surface area contributed by atoms with Gasteiger partial charge in [-0.25, -0.2) is 0 Å². The van der Waals surface area contributed by atoms with E-state index in [1.807, 2.05) is 43.3 Å². The minimum absolute atomic E-state index is 0.0410. The molecule has 2 aromatic carbocycles. The molecule has 0 aliphatic carbocycles. The van der Waals surface area contributed by atoms with Crippen molar-refractivity contribution in [3.8, 4) is 5.75 Å². The highest BCUT2D eigenvalue weighted by atomic mass is 32.2. The number of anilines is 1. The Kier molecular flexibility index (Phi) is 5.55. The molecule has 1 amide bonds. The van der Waals surface area contributed by atoms with Crippen molar-refractivity contribution in [1.82, 2.24) is 4.90 Å². The molecular formula is C19H19F3N2O2S. The number of nitrogens with zero attached hydrogens (tertiary/aromatic N) is 2. The number of carbonyl (C=O) groups excluding carboxylic acids is 1. The molecule has 0 saturated carbocycles. The van der Waals surface area contributed by atoms with Crippen LogP contribution in [-0.4, -0.2) is 37.0 Å². The Balaban J connectivity index is 1.86.